The number of hydrogen-bond donors (Lipinski definition) is 1. The summed E-state index contributed by atoms with van der Waals surface area (Å²) in [6.07, 6.45) is 2.48. The van der Waals surface area contributed by atoms with E-state index in [2.05, 4.69) is 11.2 Å². The third kappa shape index (κ3) is 2.61. The normalized spacial score (nSPS) is 13.3. The Balaban J connectivity index is 0.00000176. The third-order valence-electron chi connectivity index (χ3n) is 3.61. The maximum absolute atomic E-state index is 12.4. The monoisotopic (exact) mass is 378 g/mol. The largest absolute Gasteiger partial charge is 0.527 e. The van der Waals surface area contributed by atoms with Crippen LogP contribution in [0.25, 0.3) is 5.69 Å². The molecule has 0 atom stereocenters. The summed E-state index contributed by atoms with van der Waals surface area (Å²) in [7, 11) is 0. The number of aromatic hydroxyl groups is 1. The molecule has 1 aliphatic heterocycles. The maximum Gasteiger partial charge on any atom is 0.348 e. The minimum absolute atomic E-state index is 0. The number of nitro benzene ring substituents is 1. The van der Waals surface area contributed by atoms with Gasteiger partial charge in [-0.3, -0.25) is 14.7 Å². The molecule has 1 aliphatic rings. The zero-order valence-electron chi connectivity index (χ0n) is 11.9. The molecule has 1 radical (unpaired) electrons. The van der Waals surface area contributed by atoms with Gasteiger partial charge in [0, 0.05) is 56.3 Å². The molecule has 0 aliphatic carbocycles. The number of nitro groups is 1. The topological polar surface area (TPSA) is 103 Å². The van der Waals surface area contributed by atoms with Gasteiger partial charge in [-0.2, -0.15) is 15.8 Å². The van der Waals surface area contributed by atoms with Gasteiger partial charge in [-0.25, -0.2) is 4.79 Å². The molecule has 0 fully saturated rings. The van der Waals surface area contributed by atoms with Crippen molar-refractivity contribution in [1.29, 1.82) is 0 Å². The van der Waals surface area contributed by atoms with Crippen LogP contribution in [-0.2, 0) is 45.7 Å². The molecule has 0 amide bonds. The zero-order chi connectivity index (χ0) is 15.1. The second kappa shape index (κ2) is 6.30. The number of aryl methyl sites for hydroxylation is 2. The van der Waals surface area contributed by atoms with E-state index >= 15 is 0 Å². The molecule has 22 heavy (non-hydrogen) atoms. The fraction of sp³-hybridized carbons (Fsp3) is 0.385. The van der Waals surface area contributed by atoms with Crippen LogP contribution in [0.15, 0.2) is 10.9 Å². The third-order valence-corrected chi connectivity index (χ3v) is 3.61. The minimum atomic E-state index is -0.723. The number of phenols is 1. The van der Waals surface area contributed by atoms with E-state index in [1.165, 1.54) is 10.6 Å². The first-order valence-electron chi connectivity index (χ1n) is 6.58. The summed E-state index contributed by atoms with van der Waals surface area (Å²) in [4.78, 5) is 22.9. The van der Waals surface area contributed by atoms with Crippen molar-refractivity contribution in [3.63, 3.8) is 0 Å². The second-order valence-corrected chi connectivity index (χ2v) is 4.99. The Hall–Kier alpha value is -1.54. The SMILES string of the molecule is Cc1c[c-]c(O)c([N+](=O)[O-])c1-n1nc2n(c1=O)CCCC2.[Y]. The van der Waals surface area contributed by atoms with Gasteiger partial charge in [0.25, 0.3) is 0 Å². The molecule has 0 bridgehead atoms. The maximum atomic E-state index is 12.4. The fourth-order valence-electron chi connectivity index (χ4n) is 2.60. The molecule has 0 spiro atoms. The van der Waals surface area contributed by atoms with Crippen molar-refractivity contribution in [1.82, 2.24) is 14.3 Å². The van der Waals surface area contributed by atoms with Gasteiger partial charge in [-0.15, -0.1) is 11.6 Å². The van der Waals surface area contributed by atoms with Gasteiger partial charge in [0.05, 0.1) is 5.75 Å². The van der Waals surface area contributed by atoms with E-state index in [0.29, 0.717) is 24.4 Å². The molecule has 3 rings (SSSR count). The first-order chi connectivity index (χ1) is 10.0. The average molecular weight is 378 g/mol. The van der Waals surface area contributed by atoms with Crippen LogP contribution in [0.3, 0.4) is 0 Å². The van der Waals surface area contributed by atoms with E-state index < -0.39 is 22.0 Å². The van der Waals surface area contributed by atoms with E-state index in [9.17, 15) is 20.0 Å². The number of benzene rings is 1. The summed E-state index contributed by atoms with van der Waals surface area (Å²) in [6, 6.07) is 3.81. The number of aromatic nitrogens is 3. The van der Waals surface area contributed by atoms with Crippen LogP contribution in [-0.4, -0.2) is 24.4 Å². The summed E-state index contributed by atoms with van der Waals surface area (Å²) in [5.41, 5.74) is -0.505. The number of fused-ring (bicyclic) bond motifs is 1. The molecule has 0 saturated carbocycles. The van der Waals surface area contributed by atoms with Crippen LogP contribution in [0, 0.1) is 23.1 Å². The van der Waals surface area contributed by atoms with E-state index in [1.807, 2.05) is 0 Å². The molecule has 1 aromatic heterocycles. The fourth-order valence-corrected chi connectivity index (χ4v) is 2.60. The van der Waals surface area contributed by atoms with Gasteiger partial charge in [-0.1, -0.05) is 6.92 Å². The molecule has 0 unspecified atom stereocenters. The first kappa shape index (κ1) is 16.8. The Morgan fingerprint density at radius 1 is 1.45 bits per heavy atom. The Morgan fingerprint density at radius 2 is 2.18 bits per heavy atom. The van der Waals surface area contributed by atoms with E-state index in [0.717, 1.165) is 17.5 Å². The number of phenolic OH excluding ortho intramolecular Hbond substituents is 1. The number of hydrogen-bond acceptors (Lipinski definition) is 5. The van der Waals surface area contributed by atoms with E-state index in [-0.39, 0.29) is 38.4 Å². The Bertz CT molecular complexity index is 796. The van der Waals surface area contributed by atoms with E-state index in [1.54, 1.807) is 6.92 Å². The summed E-state index contributed by atoms with van der Waals surface area (Å²) in [5.74, 6) is 0.0192. The quantitative estimate of drug-likeness (QED) is 0.479. The van der Waals surface area contributed by atoms with Crippen LogP contribution in [0.2, 0.25) is 0 Å². The van der Waals surface area contributed by atoms with E-state index in [4.69, 9.17) is 0 Å². The van der Waals surface area contributed by atoms with Crippen LogP contribution in [0.4, 0.5) is 5.69 Å². The summed E-state index contributed by atoms with van der Waals surface area (Å²) in [5, 5.41) is 25.1. The van der Waals surface area contributed by atoms with Gasteiger partial charge in [0.1, 0.15) is 5.82 Å². The van der Waals surface area contributed by atoms with Crippen LogP contribution >= 0.6 is 0 Å². The molecule has 1 aromatic carbocycles. The summed E-state index contributed by atoms with van der Waals surface area (Å²) in [6.45, 7) is 2.18. The van der Waals surface area contributed by atoms with Gasteiger partial charge in [0.15, 0.2) is 0 Å². The Kier molecular flexibility index (Phi) is 4.82. The van der Waals surface area contributed by atoms with Crippen LogP contribution < -0.4 is 5.69 Å². The van der Waals surface area contributed by atoms with Crippen molar-refractivity contribution in [2.24, 2.45) is 0 Å². The molecule has 8 nitrogen and oxygen atoms in total. The van der Waals surface area contributed by atoms with Crippen molar-refractivity contribution in [2.45, 2.75) is 32.7 Å². The van der Waals surface area contributed by atoms with Crippen molar-refractivity contribution in [3.8, 4) is 11.4 Å². The number of nitrogens with zero attached hydrogens (tertiary/aromatic N) is 4. The van der Waals surface area contributed by atoms with Gasteiger partial charge >= 0.3 is 5.69 Å². The molecule has 1 N–H and O–H groups in total. The van der Waals surface area contributed by atoms with Gasteiger partial charge < -0.3 is 5.11 Å². The molecular weight excluding hydrogens is 365 g/mol. The zero-order valence-corrected chi connectivity index (χ0v) is 14.8. The van der Waals surface area contributed by atoms with Crippen molar-refractivity contribution < 1.29 is 42.7 Å². The molecule has 0 saturated heterocycles. The van der Waals surface area contributed by atoms with Crippen molar-refractivity contribution in [2.75, 3.05) is 0 Å². The van der Waals surface area contributed by atoms with Gasteiger partial charge in [0.2, 0.25) is 5.69 Å². The second-order valence-electron chi connectivity index (χ2n) is 4.99. The van der Waals surface area contributed by atoms with Gasteiger partial charge in [-0.05, 0) is 12.8 Å². The smallest absolute Gasteiger partial charge is 0.348 e. The Morgan fingerprint density at radius 3 is 2.82 bits per heavy atom. The average Bonchev–Trinajstić information content (AvgIpc) is 2.78. The molecule has 2 heterocycles. The molecule has 9 heteroatoms. The summed E-state index contributed by atoms with van der Waals surface area (Å²) >= 11 is 0. The van der Waals surface area contributed by atoms with Crippen molar-refractivity contribution >= 4 is 5.69 Å². The predicted molar refractivity (Wildman–Crippen MR) is 72.7 cm³/mol. The van der Waals surface area contributed by atoms with Crippen molar-refractivity contribution in [3.05, 3.63) is 44.1 Å². The predicted octanol–water partition coefficient (Wildman–Crippen LogP) is 1.09. The summed E-state index contributed by atoms with van der Waals surface area (Å²) < 4.78 is 2.54. The minimum Gasteiger partial charge on any atom is -0.527 e. The van der Waals surface area contributed by atoms with Crippen LogP contribution in [0.5, 0.6) is 5.75 Å². The number of rotatable bonds is 2. The Labute approximate surface area is 150 Å². The molecular formula is C13H13N4O4Y-. The molecule has 113 valence electrons. The standard InChI is InChI=1S/C13H13N4O4.Y/c1-8-5-6-9(18)12(17(20)21)11(8)16-13(19)15-7-3-2-4-10(15)14-16;/h5,18H,2-4,7H2,1H3;/q-1;. The first-order valence-corrected chi connectivity index (χ1v) is 6.58. The molecule has 2 aromatic rings. The van der Waals surface area contributed by atoms with Crippen LogP contribution in [0.1, 0.15) is 24.2 Å².